The summed E-state index contributed by atoms with van der Waals surface area (Å²) in [5.41, 5.74) is 0.412. The molecule has 1 aliphatic rings. The van der Waals surface area contributed by atoms with Crippen LogP contribution < -0.4 is 0 Å². The maximum atomic E-state index is 6.49. The molecule has 2 rings (SSSR count). The van der Waals surface area contributed by atoms with Crippen LogP contribution in [0.25, 0.3) is 0 Å². The summed E-state index contributed by atoms with van der Waals surface area (Å²) in [6, 6.07) is 2.08. The highest BCUT2D eigenvalue weighted by Gasteiger charge is 2.48. The quantitative estimate of drug-likeness (QED) is 0.685. The monoisotopic (exact) mass is 278 g/mol. The lowest BCUT2D eigenvalue weighted by atomic mass is 9.98. The Bertz CT molecular complexity index is 304. The molecule has 0 spiro atoms. The molecule has 0 aromatic carbocycles. The summed E-state index contributed by atoms with van der Waals surface area (Å²) >= 11 is 11.8. The first-order valence-electron chi connectivity index (χ1n) is 4.56. The fourth-order valence-electron chi connectivity index (χ4n) is 1.71. The minimum Gasteiger partial charge on any atom is -0.146 e. The highest BCUT2D eigenvalue weighted by Crippen LogP contribution is 2.61. The molecule has 0 N–H and O–H groups in total. The molecule has 72 valence electrons. The third kappa shape index (κ3) is 1.69. The molecule has 1 atom stereocenters. The molecule has 1 fully saturated rings. The molecule has 1 unspecified atom stereocenters. The summed E-state index contributed by atoms with van der Waals surface area (Å²) in [6.45, 7) is 2.24. The molecule has 1 saturated carbocycles. The highest BCUT2D eigenvalue weighted by atomic mass is 79.9. The number of thiophene rings is 1. The van der Waals surface area contributed by atoms with E-state index in [0.717, 1.165) is 0 Å². The first kappa shape index (κ1) is 10.0. The van der Waals surface area contributed by atoms with Crippen LogP contribution in [0.15, 0.2) is 15.9 Å². The second-order valence-corrected chi connectivity index (χ2v) is 5.95. The fourth-order valence-corrected chi connectivity index (χ4v) is 4.20. The van der Waals surface area contributed by atoms with Crippen molar-refractivity contribution >= 4 is 38.9 Å². The summed E-state index contributed by atoms with van der Waals surface area (Å²) in [7, 11) is 0. The van der Waals surface area contributed by atoms with Crippen LogP contribution >= 0.6 is 38.9 Å². The van der Waals surface area contributed by atoms with Gasteiger partial charge in [-0.2, -0.15) is 0 Å². The van der Waals surface area contributed by atoms with Gasteiger partial charge in [-0.15, -0.1) is 22.9 Å². The van der Waals surface area contributed by atoms with Crippen molar-refractivity contribution in [1.82, 2.24) is 0 Å². The number of alkyl halides is 1. The van der Waals surface area contributed by atoms with Crippen molar-refractivity contribution in [3.8, 4) is 0 Å². The van der Waals surface area contributed by atoms with Crippen LogP contribution in [-0.4, -0.2) is 0 Å². The highest BCUT2D eigenvalue weighted by molar-refractivity contribution is 9.10. The van der Waals surface area contributed by atoms with E-state index in [0.29, 0.717) is 5.41 Å². The minimum absolute atomic E-state index is 0.215. The summed E-state index contributed by atoms with van der Waals surface area (Å²) in [5.74, 6) is 0. The Morgan fingerprint density at radius 3 is 2.77 bits per heavy atom. The molecule has 0 aliphatic heterocycles. The number of halogens is 2. The molecule has 1 aromatic heterocycles. The first-order chi connectivity index (χ1) is 6.19. The summed E-state index contributed by atoms with van der Waals surface area (Å²) in [5, 5.41) is 2.31. The Balaban J connectivity index is 2.22. The third-order valence-electron chi connectivity index (χ3n) is 3.01. The van der Waals surface area contributed by atoms with Crippen LogP contribution in [-0.2, 0) is 0 Å². The molecule has 1 aliphatic carbocycles. The Kier molecular flexibility index (Phi) is 2.74. The van der Waals surface area contributed by atoms with Crippen LogP contribution in [0.4, 0.5) is 0 Å². The predicted octanol–water partition coefficient (Wildman–Crippen LogP) is 4.98. The average Bonchev–Trinajstić information content (AvgIpc) is 2.83. The summed E-state index contributed by atoms with van der Waals surface area (Å²) < 4.78 is 1.18. The maximum Gasteiger partial charge on any atom is 0.0745 e. The first-order valence-corrected chi connectivity index (χ1v) is 6.67. The average molecular weight is 280 g/mol. The third-order valence-corrected chi connectivity index (χ3v) is 5.76. The molecule has 0 saturated heterocycles. The van der Waals surface area contributed by atoms with Gasteiger partial charge in [-0.05, 0) is 52.1 Å². The fraction of sp³-hybridized carbons (Fsp3) is 0.600. The van der Waals surface area contributed by atoms with Gasteiger partial charge in [-0.1, -0.05) is 6.92 Å². The van der Waals surface area contributed by atoms with Crippen LogP contribution in [0.2, 0.25) is 0 Å². The lowest BCUT2D eigenvalue weighted by Gasteiger charge is -2.18. The van der Waals surface area contributed by atoms with E-state index >= 15 is 0 Å². The molecule has 0 nitrogen and oxygen atoms in total. The second-order valence-electron chi connectivity index (χ2n) is 3.71. The smallest absolute Gasteiger partial charge is 0.0745 e. The zero-order valence-corrected chi connectivity index (χ0v) is 10.7. The molecule has 1 heterocycles. The largest absolute Gasteiger partial charge is 0.146 e. The number of hydrogen-bond acceptors (Lipinski definition) is 1. The minimum atomic E-state index is 0.215. The standard InChI is InChI=1S/C10H12BrClS/c1-2-10(4-5-10)9(12)8-7(11)3-6-13-8/h3,6,9H,2,4-5H2,1H3. The molecule has 0 amide bonds. The molecule has 1 aromatic rings. The molecular weight excluding hydrogens is 268 g/mol. The molecule has 0 radical (unpaired) electrons. The van der Waals surface area contributed by atoms with Gasteiger partial charge in [0.25, 0.3) is 0 Å². The predicted molar refractivity (Wildman–Crippen MR) is 62.6 cm³/mol. The van der Waals surface area contributed by atoms with Crippen LogP contribution in [0.3, 0.4) is 0 Å². The molecule has 3 heteroatoms. The summed E-state index contributed by atoms with van der Waals surface area (Å²) in [6.07, 6.45) is 3.79. The van der Waals surface area contributed by atoms with E-state index in [4.69, 9.17) is 11.6 Å². The van der Waals surface area contributed by atoms with Gasteiger partial charge in [-0.3, -0.25) is 0 Å². The van der Waals surface area contributed by atoms with Gasteiger partial charge in [0.2, 0.25) is 0 Å². The van der Waals surface area contributed by atoms with Gasteiger partial charge in [0, 0.05) is 9.35 Å². The van der Waals surface area contributed by atoms with Gasteiger partial charge in [-0.25, -0.2) is 0 Å². The van der Waals surface area contributed by atoms with Gasteiger partial charge in [0.05, 0.1) is 5.38 Å². The topological polar surface area (TPSA) is 0 Å². The number of rotatable bonds is 3. The van der Waals surface area contributed by atoms with Crippen LogP contribution in [0.1, 0.15) is 36.4 Å². The van der Waals surface area contributed by atoms with Gasteiger partial charge in [0.15, 0.2) is 0 Å². The Labute approximate surface area is 96.4 Å². The Morgan fingerprint density at radius 2 is 2.38 bits per heavy atom. The van der Waals surface area contributed by atoms with Crippen molar-refractivity contribution < 1.29 is 0 Å². The maximum absolute atomic E-state index is 6.49. The van der Waals surface area contributed by atoms with E-state index in [1.165, 1.54) is 28.6 Å². The van der Waals surface area contributed by atoms with Crippen molar-refractivity contribution in [3.05, 3.63) is 20.8 Å². The van der Waals surface area contributed by atoms with E-state index in [1.54, 1.807) is 11.3 Å². The lowest BCUT2D eigenvalue weighted by molar-refractivity contribution is 0.475. The van der Waals surface area contributed by atoms with E-state index in [2.05, 4.69) is 34.3 Å². The normalized spacial score (nSPS) is 21.5. The van der Waals surface area contributed by atoms with E-state index < -0.39 is 0 Å². The summed E-state index contributed by atoms with van der Waals surface area (Å²) in [4.78, 5) is 1.31. The van der Waals surface area contributed by atoms with E-state index in [1.807, 2.05) is 0 Å². The van der Waals surface area contributed by atoms with Gasteiger partial charge >= 0.3 is 0 Å². The van der Waals surface area contributed by atoms with Crippen molar-refractivity contribution in [1.29, 1.82) is 0 Å². The van der Waals surface area contributed by atoms with Crippen molar-refractivity contribution in [2.75, 3.05) is 0 Å². The van der Waals surface area contributed by atoms with Crippen molar-refractivity contribution in [2.24, 2.45) is 5.41 Å². The lowest BCUT2D eigenvalue weighted by Crippen LogP contribution is -2.06. The van der Waals surface area contributed by atoms with Crippen molar-refractivity contribution in [2.45, 2.75) is 31.6 Å². The SMILES string of the molecule is CCC1(C(Cl)c2sccc2Br)CC1. The Hall–Kier alpha value is 0.470. The van der Waals surface area contributed by atoms with Crippen LogP contribution in [0.5, 0.6) is 0 Å². The molecule has 0 bridgehead atoms. The number of hydrogen-bond donors (Lipinski definition) is 0. The second kappa shape index (κ2) is 3.56. The van der Waals surface area contributed by atoms with Gasteiger partial charge in [0.1, 0.15) is 0 Å². The van der Waals surface area contributed by atoms with Crippen LogP contribution in [0, 0.1) is 5.41 Å². The van der Waals surface area contributed by atoms with Crippen molar-refractivity contribution in [3.63, 3.8) is 0 Å². The molecule has 13 heavy (non-hydrogen) atoms. The van der Waals surface area contributed by atoms with E-state index in [-0.39, 0.29) is 5.38 Å². The zero-order valence-electron chi connectivity index (χ0n) is 7.52. The molecular formula is C10H12BrClS. The zero-order chi connectivity index (χ0) is 9.47. The van der Waals surface area contributed by atoms with Gasteiger partial charge < -0.3 is 0 Å². The van der Waals surface area contributed by atoms with E-state index in [9.17, 15) is 0 Å². The Morgan fingerprint density at radius 1 is 1.69 bits per heavy atom.